The van der Waals surface area contributed by atoms with E-state index in [1.807, 2.05) is 0 Å². The van der Waals surface area contributed by atoms with Crippen LogP contribution in [0.5, 0.6) is 0 Å². The van der Waals surface area contributed by atoms with Crippen LogP contribution in [0.4, 0.5) is 0 Å². The number of aryl methyl sites for hydroxylation is 1. The summed E-state index contributed by atoms with van der Waals surface area (Å²) in [5.74, 6) is 0.946. The summed E-state index contributed by atoms with van der Waals surface area (Å²) in [5, 5.41) is 3.46. The summed E-state index contributed by atoms with van der Waals surface area (Å²) in [5.41, 5.74) is 2.66. The molecule has 1 aromatic heterocycles. The van der Waals surface area contributed by atoms with E-state index < -0.39 is 0 Å². The van der Waals surface area contributed by atoms with E-state index in [-0.39, 0.29) is 29.4 Å². The number of nitrogens with zero attached hydrogens (tertiary/aromatic N) is 3. The van der Waals surface area contributed by atoms with Crippen molar-refractivity contribution in [2.24, 2.45) is 12.0 Å². The van der Waals surface area contributed by atoms with Gasteiger partial charge in [0, 0.05) is 55.6 Å². The van der Waals surface area contributed by atoms with Gasteiger partial charge in [-0.15, -0.1) is 24.0 Å². The number of benzene rings is 1. The Morgan fingerprint density at radius 3 is 2.55 bits per heavy atom. The lowest BCUT2D eigenvalue weighted by molar-refractivity contribution is 0.0530. The average molecular weight is 575 g/mol. The number of hydrogen-bond donors (Lipinski definition) is 1. The average Bonchev–Trinajstić information content (AvgIpc) is 3.03. The van der Waals surface area contributed by atoms with E-state index in [1.165, 1.54) is 11.3 Å². The largest absolute Gasteiger partial charge is 0.381 e. The molecular weight excluding hydrogens is 543 g/mol. The van der Waals surface area contributed by atoms with Crippen LogP contribution in [-0.2, 0) is 23.7 Å². The fourth-order valence-corrected chi connectivity index (χ4v) is 4.40. The van der Waals surface area contributed by atoms with E-state index in [1.54, 1.807) is 0 Å². The molecule has 0 bridgehead atoms. The molecule has 1 aliphatic heterocycles. The highest BCUT2D eigenvalue weighted by molar-refractivity contribution is 14.0. The minimum atomic E-state index is 0. The number of aromatic nitrogens is 1. The van der Waals surface area contributed by atoms with Crippen LogP contribution in [0.1, 0.15) is 31.0 Å². The maximum Gasteiger partial charge on any atom is 0.194 e. The summed E-state index contributed by atoms with van der Waals surface area (Å²) in [6, 6.07) is 13.0. The van der Waals surface area contributed by atoms with Gasteiger partial charge in [0.2, 0.25) is 0 Å². The Morgan fingerprint density at radius 2 is 1.97 bits per heavy atom. The number of hydrogen-bond acceptors (Lipinski definition) is 2. The fourth-order valence-electron chi connectivity index (χ4n) is 3.83. The van der Waals surface area contributed by atoms with E-state index >= 15 is 0 Å². The standard InChI is InChI=1S/C22H31BrN4O.HI/c1-4-24-21(27(3)16-20-14-19(23)15-26(20)2)25-17-22(10-12-28-13-11-22)18-8-6-5-7-9-18;/h5-9,14-15H,4,10-13,16-17H2,1-3H3,(H,24,25);1H. The normalized spacial score (nSPS) is 16.2. The van der Waals surface area contributed by atoms with Gasteiger partial charge in [-0.1, -0.05) is 30.3 Å². The van der Waals surface area contributed by atoms with Crippen molar-refractivity contribution in [3.8, 4) is 0 Å². The van der Waals surface area contributed by atoms with E-state index in [4.69, 9.17) is 9.73 Å². The summed E-state index contributed by atoms with van der Waals surface area (Å²) in [4.78, 5) is 7.27. The Balaban J connectivity index is 0.00000300. The summed E-state index contributed by atoms with van der Waals surface area (Å²) >= 11 is 3.56. The second kappa shape index (κ2) is 11.4. The summed E-state index contributed by atoms with van der Waals surface area (Å²) in [6.07, 6.45) is 4.10. The van der Waals surface area contributed by atoms with Crippen molar-refractivity contribution < 1.29 is 4.74 Å². The number of ether oxygens (including phenoxy) is 1. The highest BCUT2D eigenvalue weighted by Gasteiger charge is 2.34. The molecular formula is C22H32BrIN4O. The Labute approximate surface area is 200 Å². The molecule has 0 aliphatic carbocycles. The molecule has 0 atom stereocenters. The Hall–Kier alpha value is -1.06. The lowest BCUT2D eigenvalue weighted by Crippen LogP contribution is -2.42. The first kappa shape index (κ1) is 24.2. The molecule has 7 heteroatoms. The third kappa shape index (κ3) is 6.21. The number of halogens is 2. The van der Waals surface area contributed by atoms with Crippen LogP contribution in [0, 0.1) is 0 Å². The van der Waals surface area contributed by atoms with Crippen LogP contribution in [0.2, 0.25) is 0 Å². The van der Waals surface area contributed by atoms with E-state index in [0.29, 0.717) is 0 Å². The third-order valence-corrected chi connectivity index (χ3v) is 5.97. The first-order valence-corrected chi connectivity index (χ1v) is 10.8. The molecule has 1 fully saturated rings. The van der Waals surface area contributed by atoms with Crippen LogP contribution >= 0.6 is 39.9 Å². The van der Waals surface area contributed by atoms with Crippen molar-refractivity contribution in [3.05, 3.63) is 58.3 Å². The predicted molar refractivity (Wildman–Crippen MR) is 134 cm³/mol. The number of guanidine groups is 1. The molecule has 160 valence electrons. The van der Waals surface area contributed by atoms with Crippen LogP contribution < -0.4 is 5.32 Å². The quantitative estimate of drug-likeness (QED) is 0.313. The lowest BCUT2D eigenvalue weighted by Gasteiger charge is -2.37. The van der Waals surface area contributed by atoms with Crippen LogP contribution in [0.25, 0.3) is 0 Å². The molecule has 2 aromatic rings. The van der Waals surface area contributed by atoms with Gasteiger partial charge in [-0.05, 0) is 47.3 Å². The zero-order valence-electron chi connectivity index (χ0n) is 17.5. The Kier molecular flexibility index (Phi) is 9.49. The molecule has 0 spiro atoms. The van der Waals surface area contributed by atoms with E-state index in [2.05, 4.69) is 94.3 Å². The fraction of sp³-hybridized carbons (Fsp3) is 0.500. The van der Waals surface area contributed by atoms with Gasteiger partial charge in [0.05, 0.1) is 13.1 Å². The number of rotatable bonds is 6. The van der Waals surface area contributed by atoms with Gasteiger partial charge in [-0.2, -0.15) is 0 Å². The summed E-state index contributed by atoms with van der Waals surface area (Å²) < 4.78 is 8.91. The van der Waals surface area contributed by atoms with Crippen molar-refractivity contribution in [2.75, 3.05) is 33.4 Å². The molecule has 1 aliphatic rings. The Morgan fingerprint density at radius 1 is 1.28 bits per heavy atom. The minimum Gasteiger partial charge on any atom is -0.381 e. The zero-order valence-corrected chi connectivity index (χ0v) is 21.4. The predicted octanol–water partition coefficient (Wildman–Crippen LogP) is 4.55. The second-order valence-corrected chi connectivity index (χ2v) is 8.46. The monoisotopic (exact) mass is 574 g/mol. The van der Waals surface area contributed by atoms with E-state index in [9.17, 15) is 0 Å². The van der Waals surface area contributed by atoms with Gasteiger partial charge in [0.15, 0.2) is 5.96 Å². The molecule has 0 radical (unpaired) electrons. The maximum absolute atomic E-state index is 5.66. The maximum atomic E-state index is 5.66. The van der Waals surface area contributed by atoms with Crippen molar-refractivity contribution in [2.45, 2.75) is 31.7 Å². The molecule has 0 amide bonds. The molecule has 3 rings (SSSR count). The molecule has 1 saturated heterocycles. The van der Waals surface area contributed by atoms with Crippen LogP contribution in [-0.4, -0.2) is 48.8 Å². The highest BCUT2D eigenvalue weighted by Crippen LogP contribution is 2.35. The smallest absolute Gasteiger partial charge is 0.194 e. The van der Waals surface area contributed by atoms with Crippen LogP contribution in [0.3, 0.4) is 0 Å². The van der Waals surface area contributed by atoms with E-state index in [0.717, 1.165) is 56.1 Å². The number of aliphatic imine (C=N–C) groups is 1. The van der Waals surface area contributed by atoms with Gasteiger partial charge >= 0.3 is 0 Å². The minimum absolute atomic E-state index is 0. The first-order valence-electron chi connectivity index (χ1n) is 9.97. The topological polar surface area (TPSA) is 41.8 Å². The van der Waals surface area contributed by atoms with Crippen molar-refractivity contribution in [1.29, 1.82) is 0 Å². The molecule has 5 nitrogen and oxygen atoms in total. The second-order valence-electron chi connectivity index (χ2n) is 7.55. The molecule has 2 heterocycles. The molecule has 29 heavy (non-hydrogen) atoms. The molecule has 1 N–H and O–H groups in total. The lowest BCUT2D eigenvalue weighted by atomic mass is 9.74. The van der Waals surface area contributed by atoms with Crippen molar-refractivity contribution in [1.82, 2.24) is 14.8 Å². The highest BCUT2D eigenvalue weighted by atomic mass is 127. The van der Waals surface area contributed by atoms with Gasteiger partial charge in [0.25, 0.3) is 0 Å². The third-order valence-electron chi connectivity index (χ3n) is 5.54. The zero-order chi connectivity index (χ0) is 20.0. The van der Waals surface area contributed by atoms with Gasteiger partial charge < -0.3 is 19.5 Å². The van der Waals surface area contributed by atoms with Gasteiger partial charge in [-0.3, -0.25) is 4.99 Å². The van der Waals surface area contributed by atoms with Gasteiger partial charge in [0.1, 0.15) is 0 Å². The number of nitrogens with one attached hydrogen (secondary N) is 1. The SMILES string of the molecule is CCNC(=NCC1(c2ccccc2)CCOCC1)N(C)Cc1cc(Br)cn1C.I. The summed E-state index contributed by atoms with van der Waals surface area (Å²) in [7, 11) is 4.17. The first-order chi connectivity index (χ1) is 13.5. The Bertz CT molecular complexity index is 787. The molecule has 1 aromatic carbocycles. The van der Waals surface area contributed by atoms with Crippen molar-refractivity contribution >= 4 is 45.9 Å². The van der Waals surface area contributed by atoms with Crippen LogP contribution in [0.15, 0.2) is 52.1 Å². The summed E-state index contributed by atoms with van der Waals surface area (Å²) in [6.45, 7) is 6.13. The van der Waals surface area contributed by atoms with Gasteiger partial charge in [-0.25, -0.2) is 0 Å². The van der Waals surface area contributed by atoms with Crippen molar-refractivity contribution in [3.63, 3.8) is 0 Å². The molecule has 0 unspecified atom stereocenters. The molecule has 0 saturated carbocycles.